The lowest BCUT2D eigenvalue weighted by atomic mass is 10.1. The molecule has 0 bridgehead atoms. The quantitative estimate of drug-likeness (QED) is 0.694. The second-order valence-corrected chi connectivity index (χ2v) is 7.11. The lowest BCUT2D eigenvalue weighted by molar-refractivity contribution is 0.477. The van der Waals surface area contributed by atoms with Crippen molar-refractivity contribution < 1.29 is 4.42 Å². The Bertz CT molecular complexity index is 731. The zero-order valence-corrected chi connectivity index (χ0v) is 13.8. The van der Waals surface area contributed by atoms with Gasteiger partial charge in [-0.2, -0.15) is 0 Å². The number of hydrogen-bond donors (Lipinski definition) is 1. The molecule has 104 valence electrons. The van der Waals surface area contributed by atoms with Crippen molar-refractivity contribution >= 4 is 38.2 Å². The number of rotatable bonds is 4. The predicted octanol–water partition coefficient (Wildman–Crippen LogP) is 5.26. The molecule has 0 aliphatic carbocycles. The van der Waals surface area contributed by atoms with Gasteiger partial charge in [0.25, 0.3) is 0 Å². The summed E-state index contributed by atoms with van der Waals surface area (Å²) in [4.78, 5) is 0. The van der Waals surface area contributed by atoms with E-state index in [1.807, 2.05) is 0 Å². The van der Waals surface area contributed by atoms with Gasteiger partial charge >= 0.3 is 0 Å². The summed E-state index contributed by atoms with van der Waals surface area (Å²) in [6, 6.07) is 10.6. The van der Waals surface area contributed by atoms with E-state index in [9.17, 15) is 0 Å². The van der Waals surface area contributed by atoms with Crippen LogP contribution in [0, 0.1) is 6.92 Å². The molecular weight excluding hydrogens is 334 g/mol. The van der Waals surface area contributed by atoms with Crippen LogP contribution in [-0.4, -0.2) is 6.54 Å². The summed E-state index contributed by atoms with van der Waals surface area (Å²) in [7, 11) is 0. The van der Waals surface area contributed by atoms with Crippen LogP contribution >= 0.6 is 27.3 Å². The molecule has 0 spiro atoms. The summed E-state index contributed by atoms with van der Waals surface area (Å²) >= 11 is 5.23. The lowest BCUT2D eigenvalue weighted by Gasteiger charge is -2.13. The van der Waals surface area contributed by atoms with E-state index in [4.69, 9.17) is 4.42 Å². The van der Waals surface area contributed by atoms with Crippen LogP contribution in [0.25, 0.3) is 11.0 Å². The molecule has 0 aliphatic heterocycles. The Kier molecular flexibility index (Phi) is 3.96. The van der Waals surface area contributed by atoms with Gasteiger partial charge in [-0.15, -0.1) is 11.3 Å². The van der Waals surface area contributed by atoms with E-state index < -0.39 is 0 Å². The van der Waals surface area contributed by atoms with Crippen molar-refractivity contribution in [3.63, 3.8) is 0 Å². The van der Waals surface area contributed by atoms with Crippen molar-refractivity contribution in [2.75, 3.05) is 6.54 Å². The van der Waals surface area contributed by atoms with Crippen molar-refractivity contribution in [2.24, 2.45) is 0 Å². The molecule has 0 radical (unpaired) electrons. The van der Waals surface area contributed by atoms with Gasteiger partial charge in [-0.25, -0.2) is 0 Å². The van der Waals surface area contributed by atoms with Crippen LogP contribution in [0.1, 0.15) is 29.9 Å². The summed E-state index contributed by atoms with van der Waals surface area (Å²) in [6.45, 7) is 5.09. The van der Waals surface area contributed by atoms with Crippen LogP contribution in [-0.2, 0) is 0 Å². The maximum Gasteiger partial charge on any atom is 0.137 e. The molecule has 3 aromatic rings. The largest absolute Gasteiger partial charge is 0.459 e. The number of halogens is 1. The van der Waals surface area contributed by atoms with E-state index in [-0.39, 0.29) is 6.04 Å². The second-order valence-electron chi connectivity index (χ2n) is 4.82. The maximum absolute atomic E-state index is 6.10. The van der Waals surface area contributed by atoms with Crippen molar-refractivity contribution in [3.8, 4) is 0 Å². The van der Waals surface area contributed by atoms with Gasteiger partial charge in [-0.05, 0) is 58.0 Å². The molecule has 1 atom stereocenters. The number of para-hydroxylation sites is 1. The minimum atomic E-state index is 0.106. The topological polar surface area (TPSA) is 25.2 Å². The fourth-order valence-corrected chi connectivity index (χ4v) is 3.63. The van der Waals surface area contributed by atoms with E-state index in [0.717, 1.165) is 27.1 Å². The molecule has 4 heteroatoms. The van der Waals surface area contributed by atoms with Gasteiger partial charge in [0.1, 0.15) is 11.3 Å². The Labute approximate surface area is 130 Å². The fourth-order valence-electron chi connectivity index (χ4n) is 2.43. The minimum Gasteiger partial charge on any atom is -0.459 e. The van der Waals surface area contributed by atoms with Crippen LogP contribution in [0.4, 0.5) is 0 Å². The molecule has 2 aromatic heterocycles. The number of hydrogen-bond acceptors (Lipinski definition) is 3. The van der Waals surface area contributed by atoms with Gasteiger partial charge in [-0.3, -0.25) is 0 Å². The highest BCUT2D eigenvalue weighted by Crippen LogP contribution is 2.33. The van der Waals surface area contributed by atoms with E-state index in [1.165, 1.54) is 11.1 Å². The van der Waals surface area contributed by atoms with E-state index in [2.05, 4.69) is 70.8 Å². The highest BCUT2D eigenvalue weighted by atomic mass is 79.9. The smallest absolute Gasteiger partial charge is 0.137 e. The van der Waals surface area contributed by atoms with Crippen molar-refractivity contribution in [3.05, 3.63) is 56.4 Å². The summed E-state index contributed by atoms with van der Waals surface area (Å²) in [5, 5.41) is 6.83. The monoisotopic (exact) mass is 349 g/mol. The van der Waals surface area contributed by atoms with E-state index >= 15 is 0 Å². The highest BCUT2D eigenvalue weighted by molar-refractivity contribution is 9.11. The number of fused-ring (bicyclic) bond motifs is 1. The Morgan fingerprint density at radius 2 is 2.20 bits per heavy atom. The Morgan fingerprint density at radius 1 is 1.35 bits per heavy atom. The average Bonchev–Trinajstić information content (AvgIpc) is 3.03. The minimum absolute atomic E-state index is 0.106. The summed E-state index contributed by atoms with van der Waals surface area (Å²) in [6.07, 6.45) is 0. The molecular formula is C16H16BrNOS. The van der Waals surface area contributed by atoms with Gasteiger partial charge in [0.15, 0.2) is 0 Å². The maximum atomic E-state index is 6.10. The third kappa shape index (κ3) is 2.55. The van der Waals surface area contributed by atoms with Crippen molar-refractivity contribution in [2.45, 2.75) is 19.9 Å². The fraction of sp³-hybridized carbons (Fsp3) is 0.250. The van der Waals surface area contributed by atoms with Gasteiger partial charge in [0, 0.05) is 5.39 Å². The summed E-state index contributed by atoms with van der Waals surface area (Å²) < 4.78 is 7.25. The number of furan rings is 1. The Balaban J connectivity index is 2.07. The predicted molar refractivity (Wildman–Crippen MR) is 88.5 cm³/mol. The molecule has 0 saturated heterocycles. The first-order valence-electron chi connectivity index (χ1n) is 6.65. The molecule has 20 heavy (non-hydrogen) atoms. The second kappa shape index (κ2) is 5.72. The SMILES string of the molecule is CCNC(c1csc(Br)c1)c1cc2cccc(C)c2o1. The highest BCUT2D eigenvalue weighted by Gasteiger charge is 2.19. The van der Waals surface area contributed by atoms with Gasteiger partial charge in [0.05, 0.1) is 9.83 Å². The Hall–Kier alpha value is -1.10. The molecule has 2 nitrogen and oxygen atoms in total. The van der Waals surface area contributed by atoms with Crippen LogP contribution in [0.2, 0.25) is 0 Å². The number of benzene rings is 1. The molecule has 0 saturated carbocycles. The number of thiophene rings is 1. The number of nitrogens with one attached hydrogen (secondary N) is 1. The first-order chi connectivity index (χ1) is 9.69. The summed E-state index contributed by atoms with van der Waals surface area (Å²) in [5.41, 5.74) is 3.40. The van der Waals surface area contributed by atoms with Crippen LogP contribution in [0.5, 0.6) is 0 Å². The molecule has 2 heterocycles. The van der Waals surface area contributed by atoms with Crippen molar-refractivity contribution in [1.82, 2.24) is 5.32 Å². The summed E-state index contributed by atoms with van der Waals surface area (Å²) in [5.74, 6) is 0.974. The van der Waals surface area contributed by atoms with Crippen LogP contribution in [0.3, 0.4) is 0 Å². The third-order valence-corrected chi connectivity index (χ3v) is 4.90. The zero-order valence-electron chi connectivity index (χ0n) is 11.4. The first-order valence-corrected chi connectivity index (χ1v) is 8.32. The normalized spacial score (nSPS) is 12.9. The number of aryl methyl sites for hydroxylation is 1. The molecule has 0 amide bonds. The van der Waals surface area contributed by atoms with Gasteiger partial charge in [-0.1, -0.05) is 25.1 Å². The zero-order chi connectivity index (χ0) is 14.1. The Morgan fingerprint density at radius 3 is 2.85 bits per heavy atom. The van der Waals surface area contributed by atoms with Crippen LogP contribution in [0.15, 0.2) is 43.9 Å². The van der Waals surface area contributed by atoms with E-state index in [1.54, 1.807) is 11.3 Å². The molecule has 3 rings (SSSR count). The van der Waals surface area contributed by atoms with E-state index in [0.29, 0.717) is 0 Å². The first kappa shape index (κ1) is 13.9. The standard InChI is InChI=1S/C16H16BrNOS/c1-3-18-15(12-8-14(17)20-9-12)13-7-11-6-4-5-10(2)16(11)19-13/h4-9,15,18H,3H2,1-2H3. The third-order valence-electron chi connectivity index (χ3n) is 3.37. The van der Waals surface area contributed by atoms with Gasteiger partial charge < -0.3 is 9.73 Å². The van der Waals surface area contributed by atoms with Crippen molar-refractivity contribution in [1.29, 1.82) is 0 Å². The molecule has 0 aliphatic rings. The van der Waals surface area contributed by atoms with Gasteiger partial charge in [0.2, 0.25) is 0 Å². The van der Waals surface area contributed by atoms with Crippen LogP contribution < -0.4 is 5.32 Å². The lowest BCUT2D eigenvalue weighted by Crippen LogP contribution is -2.20. The average molecular weight is 350 g/mol. The molecule has 0 fully saturated rings. The molecule has 1 unspecified atom stereocenters. The molecule has 1 N–H and O–H groups in total. The molecule has 1 aromatic carbocycles.